The number of nitrogens with zero attached hydrogens (tertiary/aromatic N) is 2. The standard InChI is InChI=1S/C13H20N4OS/c1-7(2)5-6-15-12(18)11-10(14)9-8(3)16-17(4)13(9)19-11/h7H,5-6,14H2,1-4H3,(H,15,18). The van der Waals surface area contributed by atoms with Crippen LogP contribution in [0.3, 0.4) is 0 Å². The number of fused-ring (bicyclic) bond motifs is 1. The van der Waals surface area contributed by atoms with Gasteiger partial charge in [0.1, 0.15) is 9.71 Å². The largest absolute Gasteiger partial charge is 0.397 e. The van der Waals surface area contributed by atoms with Crippen LogP contribution in [-0.2, 0) is 7.05 Å². The van der Waals surface area contributed by atoms with Gasteiger partial charge in [-0.15, -0.1) is 11.3 Å². The fraction of sp³-hybridized carbons (Fsp3) is 0.538. The third kappa shape index (κ3) is 2.58. The summed E-state index contributed by atoms with van der Waals surface area (Å²) in [5.74, 6) is 0.491. The van der Waals surface area contributed by atoms with Crippen LogP contribution in [0.25, 0.3) is 10.2 Å². The molecule has 0 radical (unpaired) electrons. The van der Waals surface area contributed by atoms with E-state index in [9.17, 15) is 4.79 Å². The van der Waals surface area contributed by atoms with E-state index in [0.717, 1.165) is 22.3 Å². The maximum Gasteiger partial charge on any atom is 0.263 e. The number of thiophene rings is 1. The summed E-state index contributed by atoms with van der Waals surface area (Å²) in [6.45, 7) is 6.86. The Morgan fingerprint density at radius 1 is 1.53 bits per heavy atom. The lowest BCUT2D eigenvalue weighted by Crippen LogP contribution is -2.25. The number of rotatable bonds is 4. The molecule has 2 rings (SSSR count). The number of nitrogens with one attached hydrogen (secondary N) is 1. The van der Waals surface area contributed by atoms with Gasteiger partial charge >= 0.3 is 0 Å². The van der Waals surface area contributed by atoms with Crippen LogP contribution in [0, 0.1) is 12.8 Å². The van der Waals surface area contributed by atoms with Crippen LogP contribution in [0.2, 0.25) is 0 Å². The Morgan fingerprint density at radius 2 is 2.21 bits per heavy atom. The van der Waals surface area contributed by atoms with Crippen molar-refractivity contribution in [3.8, 4) is 0 Å². The number of nitrogens with two attached hydrogens (primary N) is 1. The molecule has 1 amide bonds. The lowest BCUT2D eigenvalue weighted by Gasteiger charge is -2.06. The molecule has 0 aliphatic rings. The molecular weight excluding hydrogens is 260 g/mol. The minimum absolute atomic E-state index is 0.0845. The first kappa shape index (κ1) is 13.9. The van der Waals surface area contributed by atoms with Gasteiger partial charge in [-0.05, 0) is 19.3 Å². The first-order valence-corrected chi connectivity index (χ1v) is 7.23. The summed E-state index contributed by atoms with van der Waals surface area (Å²) in [4.78, 5) is 13.7. The Hall–Kier alpha value is -1.56. The van der Waals surface area contributed by atoms with E-state index in [1.807, 2.05) is 14.0 Å². The molecule has 6 heteroatoms. The molecule has 104 valence electrons. The predicted molar refractivity (Wildman–Crippen MR) is 79.5 cm³/mol. The zero-order chi connectivity index (χ0) is 14.2. The lowest BCUT2D eigenvalue weighted by molar-refractivity contribution is 0.0957. The number of aryl methyl sites for hydroxylation is 2. The quantitative estimate of drug-likeness (QED) is 0.902. The van der Waals surface area contributed by atoms with E-state index >= 15 is 0 Å². The van der Waals surface area contributed by atoms with Crippen LogP contribution in [-0.4, -0.2) is 22.2 Å². The third-order valence-corrected chi connectivity index (χ3v) is 4.37. The normalized spacial score (nSPS) is 11.4. The van der Waals surface area contributed by atoms with Gasteiger partial charge < -0.3 is 11.1 Å². The number of carbonyl (C=O) groups is 1. The van der Waals surface area contributed by atoms with Crippen LogP contribution in [0.1, 0.15) is 35.6 Å². The van der Waals surface area contributed by atoms with Gasteiger partial charge in [-0.1, -0.05) is 13.8 Å². The molecule has 0 spiro atoms. The maximum absolute atomic E-state index is 12.1. The molecule has 0 aliphatic carbocycles. The minimum atomic E-state index is -0.0845. The van der Waals surface area contributed by atoms with Gasteiger partial charge in [0.05, 0.1) is 16.8 Å². The van der Waals surface area contributed by atoms with Crippen molar-refractivity contribution in [2.45, 2.75) is 27.2 Å². The summed E-state index contributed by atoms with van der Waals surface area (Å²) >= 11 is 1.40. The Kier molecular flexibility index (Phi) is 3.80. The third-order valence-electron chi connectivity index (χ3n) is 3.10. The molecular formula is C13H20N4OS. The van der Waals surface area contributed by atoms with E-state index < -0.39 is 0 Å². The van der Waals surface area contributed by atoms with Gasteiger partial charge in [0.25, 0.3) is 5.91 Å². The topological polar surface area (TPSA) is 72.9 Å². The minimum Gasteiger partial charge on any atom is -0.397 e. The van der Waals surface area contributed by atoms with Crippen LogP contribution in [0.15, 0.2) is 0 Å². The summed E-state index contributed by atoms with van der Waals surface area (Å²) in [5, 5.41) is 8.14. The maximum atomic E-state index is 12.1. The number of hydrogen-bond acceptors (Lipinski definition) is 4. The van der Waals surface area contributed by atoms with Crippen LogP contribution < -0.4 is 11.1 Å². The monoisotopic (exact) mass is 280 g/mol. The molecule has 2 aromatic rings. The second-order valence-corrected chi connectivity index (χ2v) is 6.17. The molecule has 2 heterocycles. The van der Waals surface area contributed by atoms with Gasteiger partial charge in [0.2, 0.25) is 0 Å². The Morgan fingerprint density at radius 3 is 2.79 bits per heavy atom. The van der Waals surface area contributed by atoms with Crippen molar-refractivity contribution < 1.29 is 4.79 Å². The fourth-order valence-corrected chi connectivity index (χ4v) is 3.16. The number of hydrogen-bond donors (Lipinski definition) is 2. The molecule has 0 bridgehead atoms. The zero-order valence-corrected chi connectivity index (χ0v) is 12.6. The first-order valence-electron chi connectivity index (χ1n) is 6.41. The molecule has 0 aliphatic heterocycles. The van der Waals surface area contributed by atoms with E-state index in [4.69, 9.17) is 5.73 Å². The molecule has 0 atom stereocenters. The molecule has 0 saturated carbocycles. The van der Waals surface area contributed by atoms with Crippen molar-refractivity contribution in [1.29, 1.82) is 0 Å². The lowest BCUT2D eigenvalue weighted by atomic mass is 10.1. The number of aromatic nitrogens is 2. The van der Waals surface area contributed by atoms with E-state index in [1.54, 1.807) is 4.68 Å². The predicted octanol–water partition coefficient (Wildman–Crippen LogP) is 2.30. The summed E-state index contributed by atoms with van der Waals surface area (Å²) < 4.78 is 1.77. The number of carbonyl (C=O) groups excluding carboxylic acids is 1. The van der Waals surface area contributed by atoms with E-state index in [2.05, 4.69) is 24.3 Å². The molecule has 0 aromatic carbocycles. The molecule has 2 aromatic heterocycles. The van der Waals surface area contributed by atoms with Crippen LogP contribution in [0.5, 0.6) is 0 Å². The Balaban J connectivity index is 2.23. The van der Waals surface area contributed by atoms with E-state index in [1.165, 1.54) is 11.3 Å². The highest BCUT2D eigenvalue weighted by Gasteiger charge is 2.20. The number of nitrogen functional groups attached to an aromatic ring is 1. The van der Waals surface area contributed by atoms with Crippen molar-refractivity contribution in [3.05, 3.63) is 10.6 Å². The van der Waals surface area contributed by atoms with Crippen LogP contribution >= 0.6 is 11.3 Å². The average Bonchev–Trinajstić information content (AvgIpc) is 2.79. The molecule has 0 fully saturated rings. The summed E-state index contributed by atoms with van der Waals surface area (Å²) in [6, 6.07) is 0. The molecule has 3 N–H and O–H groups in total. The highest BCUT2D eigenvalue weighted by Crippen LogP contribution is 2.35. The SMILES string of the molecule is Cc1nn(C)c2sc(C(=O)NCCC(C)C)c(N)c12. The van der Waals surface area contributed by atoms with Gasteiger partial charge in [-0.25, -0.2) is 0 Å². The van der Waals surface area contributed by atoms with Crippen LogP contribution in [0.4, 0.5) is 5.69 Å². The molecule has 0 saturated heterocycles. The summed E-state index contributed by atoms with van der Waals surface area (Å²) in [6.07, 6.45) is 0.969. The van der Waals surface area contributed by atoms with Gasteiger partial charge in [0, 0.05) is 13.6 Å². The van der Waals surface area contributed by atoms with Gasteiger partial charge in [-0.2, -0.15) is 5.10 Å². The van der Waals surface area contributed by atoms with E-state index in [-0.39, 0.29) is 5.91 Å². The smallest absolute Gasteiger partial charge is 0.263 e. The van der Waals surface area contributed by atoms with E-state index in [0.29, 0.717) is 23.0 Å². The van der Waals surface area contributed by atoms with Crippen molar-refractivity contribution >= 4 is 33.1 Å². The van der Waals surface area contributed by atoms with Crippen molar-refractivity contribution in [3.63, 3.8) is 0 Å². The Labute approximate surface area is 116 Å². The van der Waals surface area contributed by atoms with Crippen molar-refractivity contribution in [2.24, 2.45) is 13.0 Å². The van der Waals surface area contributed by atoms with Crippen molar-refractivity contribution in [2.75, 3.05) is 12.3 Å². The first-order chi connectivity index (χ1) is 8.91. The average molecular weight is 280 g/mol. The second-order valence-electron chi connectivity index (χ2n) is 5.17. The van der Waals surface area contributed by atoms with Crippen molar-refractivity contribution in [1.82, 2.24) is 15.1 Å². The molecule has 0 unspecified atom stereocenters. The molecule has 19 heavy (non-hydrogen) atoms. The highest BCUT2D eigenvalue weighted by atomic mass is 32.1. The number of anilines is 1. The van der Waals surface area contributed by atoms with Gasteiger partial charge in [-0.3, -0.25) is 9.48 Å². The highest BCUT2D eigenvalue weighted by molar-refractivity contribution is 7.21. The summed E-state index contributed by atoms with van der Waals surface area (Å²) in [5.41, 5.74) is 7.50. The molecule has 5 nitrogen and oxygen atoms in total. The summed E-state index contributed by atoms with van der Waals surface area (Å²) in [7, 11) is 1.87. The Bertz CT molecular complexity index is 612. The number of amides is 1. The van der Waals surface area contributed by atoms with Gasteiger partial charge in [0.15, 0.2) is 0 Å². The fourth-order valence-electron chi connectivity index (χ4n) is 2.05. The second kappa shape index (κ2) is 5.21. The zero-order valence-electron chi connectivity index (χ0n) is 11.8.